The number of nitrogens with two attached hydrogens (primary N) is 1. The molecular formula is C22H42N4O5S. The van der Waals surface area contributed by atoms with Gasteiger partial charge in [-0.25, -0.2) is 4.79 Å². The highest BCUT2D eigenvalue weighted by atomic mass is 32.2. The molecule has 0 saturated heterocycles. The van der Waals surface area contributed by atoms with E-state index < -0.39 is 47.9 Å². The van der Waals surface area contributed by atoms with Crippen LogP contribution in [0.1, 0.15) is 60.8 Å². The average molecular weight is 475 g/mol. The summed E-state index contributed by atoms with van der Waals surface area (Å²) in [6, 6.07) is -3.56. The lowest BCUT2D eigenvalue weighted by Gasteiger charge is -2.28. The second kappa shape index (κ2) is 15.1. The molecule has 0 aromatic rings. The Bertz CT molecular complexity index is 629. The van der Waals surface area contributed by atoms with Crippen LogP contribution in [0.5, 0.6) is 0 Å². The molecule has 0 heterocycles. The van der Waals surface area contributed by atoms with Crippen molar-refractivity contribution < 1.29 is 24.3 Å². The molecule has 0 aliphatic rings. The van der Waals surface area contributed by atoms with E-state index >= 15 is 0 Å². The summed E-state index contributed by atoms with van der Waals surface area (Å²) >= 11 is 1.49. The molecule has 32 heavy (non-hydrogen) atoms. The highest BCUT2D eigenvalue weighted by Crippen LogP contribution is 2.11. The van der Waals surface area contributed by atoms with Crippen LogP contribution in [0.25, 0.3) is 0 Å². The molecule has 3 amide bonds. The fourth-order valence-corrected chi connectivity index (χ4v) is 3.50. The van der Waals surface area contributed by atoms with E-state index in [0.717, 1.165) is 6.42 Å². The summed E-state index contributed by atoms with van der Waals surface area (Å²) < 4.78 is 0. The molecule has 5 atom stereocenters. The van der Waals surface area contributed by atoms with E-state index in [2.05, 4.69) is 16.0 Å². The largest absolute Gasteiger partial charge is 0.480 e. The zero-order valence-corrected chi connectivity index (χ0v) is 21.3. The molecule has 6 N–H and O–H groups in total. The number of nitrogens with one attached hydrogen (secondary N) is 3. The van der Waals surface area contributed by atoms with Crippen LogP contribution in [0.3, 0.4) is 0 Å². The van der Waals surface area contributed by atoms with E-state index in [1.165, 1.54) is 11.8 Å². The Labute approximate surface area is 196 Å². The lowest BCUT2D eigenvalue weighted by atomic mass is 9.97. The molecule has 0 fully saturated rings. The number of hydrogen-bond acceptors (Lipinski definition) is 6. The first-order valence-electron chi connectivity index (χ1n) is 11.2. The second-order valence-corrected chi connectivity index (χ2v) is 10.00. The molecule has 0 saturated carbocycles. The summed E-state index contributed by atoms with van der Waals surface area (Å²) in [4.78, 5) is 49.8. The number of aliphatic carboxylic acids is 1. The highest BCUT2D eigenvalue weighted by molar-refractivity contribution is 7.98. The lowest BCUT2D eigenvalue weighted by Crippen LogP contribution is -2.59. The normalized spacial score (nSPS) is 16.1. The third kappa shape index (κ3) is 10.7. The van der Waals surface area contributed by atoms with Gasteiger partial charge in [-0.2, -0.15) is 11.8 Å². The van der Waals surface area contributed by atoms with E-state index in [0.29, 0.717) is 12.2 Å². The van der Waals surface area contributed by atoms with Crippen molar-refractivity contribution in [1.82, 2.24) is 16.0 Å². The van der Waals surface area contributed by atoms with Gasteiger partial charge in [-0.3, -0.25) is 14.4 Å². The number of carbonyl (C=O) groups is 4. The maximum absolute atomic E-state index is 13.0. The smallest absolute Gasteiger partial charge is 0.326 e. The summed E-state index contributed by atoms with van der Waals surface area (Å²) in [5.41, 5.74) is 6.01. The van der Waals surface area contributed by atoms with E-state index in [1.807, 2.05) is 34.0 Å². The number of rotatable bonds is 15. The van der Waals surface area contributed by atoms with Crippen LogP contribution in [0.2, 0.25) is 0 Å². The van der Waals surface area contributed by atoms with E-state index in [9.17, 15) is 24.3 Å². The van der Waals surface area contributed by atoms with Crippen LogP contribution in [-0.2, 0) is 19.2 Å². The van der Waals surface area contributed by atoms with Crippen LogP contribution < -0.4 is 21.7 Å². The number of hydrogen-bond donors (Lipinski definition) is 5. The third-order valence-corrected chi connectivity index (χ3v) is 6.02. The zero-order chi connectivity index (χ0) is 25.0. The Kier molecular flexibility index (Phi) is 14.2. The average Bonchev–Trinajstić information content (AvgIpc) is 2.71. The van der Waals surface area contributed by atoms with Crippen LogP contribution in [0.4, 0.5) is 0 Å². The van der Waals surface area contributed by atoms with E-state index in [-0.39, 0.29) is 24.2 Å². The SMILES string of the molecule is CCC(C)C(N)C(=O)NC(CC(C)C)C(=O)NC(C(=O)NC(CCSC)C(=O)O)C(C)C. The Balaban J connectivity index is 5.41. The van der Waals surface area contributed by atoms with Gasteiger partial charge < -0.3 is 26.8 Å². The van der Waals surface area contributed by atoms with Gasteiger partial charge in [0.05, 0.1) is 6.04 Å². The van der Waals surface area contributed by atoms with Gasteiger partial charge in [0.1, 0.15) is 18.1 Å². The molecule has 9 nitrogen and oxygen atoms in total. The molecule has 0 aromatic heterocycles. The number of thioether (sulfide) groups is 1. The van der Waals surface area contributed by atoms with Gasteiger partial charge in [0, 0.05) is 0 Å². The van der Waals surface area contributed by atoms with Crippen molar-refractivity contribution in [3.05, 3.63) is 0 Å². The number of carboxylic acid groups (broad SMARTS) is 1. The number of carboxylic acids is 1. The van der Waals surface area contributed by atoms with Crippen LogP contribution in [-0.4, -0.2) is 65.0 Å². The van der Waals surface area contributed by atoms with Crippen LogP contribution in [0, 0.1) is 17.8 Å². The molecule has 0 bridgehead atoms. The fourth-order valence-electron chi connectivity index (χ4n) is 3.03. The van der Waals surface area contributed by atoms with Gasteiger partial charge in [-0.1, -0.05) is 48.0 Å². The monoisotopic (exact) mass is 474 g/mol. The van der Waals surface area contributed by atoms with Crippen molar-refractivity contribution in [2.45, 2.75) is 85.0 Å². The van der Waals surface area contributed by atoms with Crippen LogP contribution in [0.15, 0.2) is 0 Å². The second-order valence-electron chi connectivity index (χ2n) is 9.01. The minimum atomic E-state index is -1.12. The molecule has 0 aromatic carbocycles. The third-order valence-electron chi connectivity index (χ3n) is 5.37. The molecule has 186 valence electrons. The topological polar surface area (TPSA) is 151 Å². The van der Waals surface area contributed by atoms with Crippen molar-refractivity contribution in [2.75, 3.05) is 12.0 Å². The molecule has 0 spiro atoms. The fraction of sp³-hybridized carbons (Fsp3) is 0.818. The Hall–Kier alpha value is -1.81. The molecule has 0 aliphatic heterocycles. The first-order chi connectivity index (χ1) is 14.8. The van der Waals surface area contributed by atoms with Crippen molar-refractivity contribution in [2.24, 2.45) is 23.5 Å². The summed E-state index contributed by atoms with van der Waals surface area (Å²) in [7, 11) is 0. The maximum atomic E-state index is 13.0. The quantitative estimate of drug-likeness (QED) is 0.240. The van der Waals surface area contributed by atoms with Gasteiger partial charge in [0.2, 0.25) is 17.7 Å². The minimum Gasteiger partial charge on any atom is -0.480 e. The number of carbonyl (C=O) groups excluding carboxylic acids is 3. The van der Waals surface area contributed by atoms with E-state index in [1.54, 1.807) is 13.8 Å². The predicted molar refractivity (Wildman–Crippen MR) is 128 cm³/mol. The lowest BCUT2D eigenvalue weighted by molar-refractivity contribution is -0.142. The first-order valence-corrected chi connectivity index (χ1v) is 12.6. The zero-order valence-electron chi connectivity index (χ0n) is 20.4. The van der Waals surface area contributed by atoms with Crippen molar-refractivity contribution in [1.29, 1.82) is 0 Å². The van der Waals surface area contributed by atoms with Crippen molar-refractivity contribution >= 4 is 35.5 Å². The summed E-state index contributed by atoms with van der Waals surface area (Å²) in [6.07, 6.45) is 3.24. The van der Waals surface area contributed by atoms with Gasteiger partial charge in [0.15, 0.2) is 0 Å². The van der Waals surface area contributed by atoms with Gasteiger partial charge in [-0.05, 0) is 42.6 Å². The van der Waals surface area contributed by atoms with Gasteiger partial charge in [0.25, 0.3) is 0 Å². The molecule has 0 rings (SSSR count). The van der Waals surface area contributed by atoms with Crippen molar-refractivity contribution in [3.63, 3.8) is 0 Å². The van der Waals surface area contributed by atoms with Gasteiger partial charge in [-0.15, -0.1) is 0 Å². The highest BCUT2D eigenvalue weighted by Gasteiger charge is 2.32. The predicted octanol–water partition coefficient (Wildman–Crippen LogP) is 1.35. The number of amides is 3. The standard InChI is InChI=1S/C22H42N4O5S/c1-8-14(6)17(23)20(28)25-16(11-12(2)3)19(27)26-18(13(4)5)21(29)24-15(22(30)31)9-10-32-7/h12-18H,8-11,23H2,1-7H3,(H,24,29)(H,25,28)(H,26,27)(H,30,31). The summed E-state index contributed by atoms with van der Waals surface area (Å²) in [6.45, 7) is 11.2. The minimum absolute atomic E-state index is 0.0406. The van der Waals surface area contributed by atoms with Gasteiger partial charge >= 0.3 is 5.97 Å². The molecule has 0 radical (unpaired) electrons. The summed E-state index contributed by atoms with van der Waals surface area (Å²) in [5, 5.41) is 17.3. The molecule has 10 heteroatoms. The maximum Gasteiger partial charge on any atom is 0.326 e. The first kappa shape index (κ1) is 30.2. The Morgan fingerprint density at radius 3 is 1.91 bits per heavy atom. The molecule has 5 unspecified atom stereocenters. The van der Waals surface area contributed by atoms with E-state index in [4.69, 9.17) is 5.73 Å². The molecular weight excluding hydrogens is 432 g/mol. The Morgan fingerprint density at radius 2 is 1.47 bits per heavy atom. The van der Waals surface area contributed by atoms with Crippen molar-refractivity contribution in [3.8, 4) is 0 Å². The Morgan fingerprint density at radius 1 is 0.906 bits per heavy atom. The van der Waals surface area contributed by atoms with Crippen LogP contribution >= 0.6 is 11.8 Å². The summed E-state index contributed by atoms with van der Waals surface area (Å²) in [5.74, 6) is -2.22. The molecule has 0 aliphatic carbocycles.